The molecule has 22 heavy (non-hydrogen) atoms. The number of thiophene rings is 1. The highest BCUT2D eigenvalue weighted by Crippen LogP contribution is 2.21. The second-order valence-electron chi connectivity index (χ2n) is 4.58. The molecular formula is C16H16NO4S-. The van der Waals surface area contributed by atoms with Gasteiger partial charge in [-0.2, -0.15) is 0 Å². The van der Waals surface area contributed by atoms with E-state index in [0.717, 1.165) is 0 Å². The number of aliphatic carboxylic acids is 1. The number of benzene rings is 1. The lowest BCUT2D eigenvalue weighted by Crippen LogP contribution is -2.33. The van der Waals surface area contributed by atoms with Crippen molar-refractivity contribution < 1.29 is 19.4 Å². The number of carboxylic acids is 1. The molecular weight excluding hydrogens is 302 g/mol. The number of ether oxygens (including phenoxy) is 1. The summed E-state index contributed by atoms with van der Waals surface area (Å²) >= 11 is 1.30. The van der Waals surface area contributed by atoms with E-state index in [-0.39, 0.29) is 12.3 Å². The van der Waals surface area contributed by atoms with E-state index in [2.05, 4.69) is 5.32 Å². The normalized spacial score (nSPS) is 11.7. The molecule has 116 valence electrons. The first-order chi connectivity index (χ1) is 10.6. The summed E-state index contributed by atoms with van der Waals surface area (Å²) in [5.41, 5.74) is 0.692. The maximum atomic E-state index is 12.1. The Morgan fingerprint density at radius 1 is 1.27 bits per heavy atom. The van der Waals surface area contributed by atoms with Gasteiger partial charge in [-0.15, -0.1) is 11.3 Å². The van der Waals surface area contributed by atoms with Crippen LogP contribution in [0.1, 0.15) is 34.6 Å². The summed E-state index contributed by atoms with van der Waals surface area (Å²) in [6, 6.07) is 9.80. The SMILES string of the molecule is CCOc1ccc([C@@H](CC(=O)[O-])NC(=O)c2cccs2)cc1. The Bertz CT molecular complexity index is 622. The predicted molar refractivity (Wildman–Crippen MR) is 81.8 cm³/mol. The molecule has 6 heteroatoms. The second-order valence-corrected chi connectivity index (χ2v) is 5.53. The van der Waals surface area contributed by atoms with Crippen molar-refractivity contribution in [1.82, 2.24) is 5.32 Å². The molecule has 1 heterocycles. The lowest BCUT2D eigenvalue weighted by molar-refractivity contribution is -0.306. The van der Waals surface area contributed by atoms with Gasteiger partial charge < -0.3 is 20.0 Å². The summed E-state index contributed by atoms with van der Waals surface area (Å²) < 4.78 is 5.35. The van der Waals surface area contributed by atoms with Gasteiger partial charge in [0.15, 0.2) is 0 Å². The first kappa shape index (κ1) is 16.0. The molecule has 0 aliphatic heterocycles. The third-order valence-corrected chi connectivity index (χ3v) is 3.88. The van der Waals surface area contributed by atoms with Crippen LogP contribution in [-0.4, -0.2) is 18.5 Å². The van der Waals surface area contributed by atoms with Gasteiger partial charge in [0.25, 0.3) is 5.91 Å². The van der Waals surface area contributed by atoms with Gasteiger partial charge in [0.1, 0.15) is 5.75 Å². The first-order valence-electron chi connectivity index (χ1n) is 6.87. The van der Waals surface area contributed by atoms with E-state index >= 15 is 0 Å². The number of carbonyl (C=O) groups excluding carboxylic acids is 2. The quantitative estimate of drug-likeness (QED) is 0.844. The number of carboxylic acid groups (broad SMARTS) is 1. The Labute approximate surface area is 132 Å². The van der Waals surface area contributed by atoms with Crippen LogP contribution < -0.4 is 15.2 Å². The Kier molecular flexibility index (Phi) is 5.55. The zero-order valence-electron chi connectivity index (χ0n) is 12.1. The maximum absolute atomic E-state index is 12.1. The molecule has 0 radical (unpaired) electrons. The average molecular weight is 318 g/mol. The van der Waals surface area contributed by atoms with Crippen LogP contribution in [0.3, 0.4) is 0 Å². The van der Waals surface area contributed by atoms with Crippen LogP contribution in [0, 0.1) is 0 Å². The zero-order chi connectivity index (χ0) is 15.9. The minimum atomic E-state index is -1.22. The number of amides is 1. The molecule has 2 aromatic rings. The van der Waals surface area contributed by atoms with E-state index in [1.54, 1.807) is 41.8 Å². The van der Waals surface area contributed by atoms with Crippen LogP contribution in [0.25, 0.3) is 0 Å². The van der Waals surface area contributed by atoms with Crippen LogP contribution in [0.5, 0.6) is 5.75 Å². The fourth-order valence-corrected chi connectivity index (χ4v) is 2.65. The largest absolute Gasteiger partial charge is 0.550 e. The zero-order valence-corrected chi connectivity index (χ0v) is 12.9. The number of nitrogens with one attached hydrogen (secondary N) is 1. The summed E-state index contributed by atoms with van der Waals surface area (Å²) in [5, 5.41) is 15.5. The summed E-state index contributed by atoms with van der Waals surface area (Å²) in [5.74, 6) is -0.816. The van der Waals surface area contributed by atoms with Gasteiger partial charge in [0.05, 0.1) is 17.5 Å². The van der Waals surface area contributed by atoms with Gasteiger partial charge in [0.2, 0.25) is 0 Å². The fraction of sp³-hybridized carbons (Fsp3) is 0.250. The molecule has 0 fully saturated rings. The van der Waals surface area contributed by atoms with Crippen molar-refractivity contribution in [3.8, 4) is 5.75 Å². The molecule has 1 atom stereocenters. The Hall–Kier alpha value is -2.34. The van der Waals surface area contributed by atoms with Crippen LogP contribution in [-0.2, 0) is 4.79 Å². The van der Waals surface area contributed by atoms with Crippen LogP contribution in [0.2, 0.25) is 0 Å². The van der Waals surface area contributed by atoms with Crippen molar-refractivity contribution in [2.75, 3.05) is 6.61 Å². The van der Waals surface area contributed by atoms with Crippen molar-refractivity contribution in [2.45, 2.75) is 19.4 Å². The second kappa shape index (κ2) is 7.61. The molecule has 0 saturated carbocycles. The molecule has 1 N–H and O–H groups in total. The van der Waals surface area contributed by atoms with Crippen molar-refractivity contribution in [3.05, 3.63) is 52.2 Å². The van der Waals surface area contributed by atoms with Gasteiger partial charge >= 0.3 is 0 Å². The highest BCUT2D eigenvalue weighted by Gasteiger charge is 2.17. The number of hydrogen-bond acceptors (Lipinski definition) is 5. The van der Waals surface area contributed by atoms with Crippen molar-refractivity contribution in [3.63, 3.8) is 0 Å². The lowest BCUT2D eigenvalue weighted by atomic mass is 10.0. The van der Waals surface area contributed by atoms with Crippen LogP contribution in [0.15, 0.2) is 41.8 Å². The summed E-state index contributed by atoms with van der Waals surface area (Å²) in [7, 11) is 0. The van der Waals surface area contributed by atoms with Gasteiger partial charge in [-0.1, -0.05) is 18.2 Å². The maximum Gasteiger partial charge on any atom is 0.261 e. The van der Waals surface area contributed by atoms with E-state index in [4.69, 9.17) is 4.74 Å². The third kappa shape index (κ3) is 4.33. The molecule has 0 aliphatic carbocycles. The average Bonchev–Trinajstić information content (AvgIpc) is 3.01. The Balaban J connectivity index is 2.14. The molecule has 0 unspecified atom stereocenters. The smallest absolute Gasteiger partial charge is 0.261 e. The fourth-order valence-electron chi connectivity index (χ4n) is 2.02. The van der Waals surface area contributed by atoms with E-state index in [1.807, 2.05) is 6.92 Å². The third-order valence-electron chi connectivity index (χ3n) is 3.01. The van der Waals surface area contributed by atoms with Gasteiger partial charge in [0, 0.05) is 12.4 Å². The molecule has 1 aromatic carbocycles. The highest BCUT2D eigenvalue weighted by atomic mass is 32.1. The molecule has 0 aliphatic rings. The highest BCUT2D eigenvalue weighted by molar-refractivity contribution is 7.12. The Morgan fingerprint density at radius 3 is 2.55 bits per heavy atom. The van der Waals surface area contributed by atoms with Crippen molar-refractivity contribution in [2.24, 2.45) is 0 Å². The standard InChI is InChI=1S/C16H17NO4S/c1-2-21-12-7-5-11(6-8-12)13(10-15(18)19)17-16(20)14-4-3-9-22-14/h3-9,13H,2,10H2,1H3,(H,17,20)(H,18,19)/p-1/t13-/m1/s1. The minimum absolute atomic E-state index is 0.287. The predicted octanol–water partition coefficient (Wildman–Crippen LogP) is 1.76. The van der Waals surface area contributed by atoms with Crippen molar-refractivity contribution >= 4 is 23.2 Å². The van der Waals surface area contributed by atoms with E-state index in [9.17, 15) is 14.7 Å². The number of carbonyl (C=O) groups is 2. The molecule has 1 aromatic heterocycles. The molecule has 0 saturated heterocycles. The first-order valence-corrected chi connectivity index (χ1v) is 7.75. The van der Waals surface area contributed by atoms with E-state index in [1.165, 1.54) is 11.3 Å². The van der Waals surface area contributed by atoms with E-state index in [0.29, 0.717) is 22.8 Å². The van der Waals surface area contributed by atoms with Gasteiger partial charge in [-0.05, 0) is 36.1 Å². The summed E-state index contributed by atoms with van der Waals surface area (Å²) in [4.78, 5) is 23.6. The van der Waals surface area contributed by atoms with Crippen molar-refractivity contribution in [1.29, 1.82) is 0 Å². The molecule has 2 rings (SSSR count). The summed E-state index contributed by atoms with van der Waals surface area (Å²) in [6.45, 7) is 2.44. The number of hydrogen-bond donors (Lipinski definition) is 1. The summed E-state index contributed by atoms with van der Waals surface area (Å²) in [6.07, 6.45) is -0.287. The molecule has 0 spiro atoms. The lowest BCUT2D eigenvalue weighted by Gasteiger charge is -2.19. The monoisotopic (exact) mass is 318 g/mol. The van der Waals surface area contributed by atoms with Gasteiger partial charge in [-0.25, -0.2) is 0 Å². The Morgan fingerprint density at radius 2 is 2.00 bits per heavy atom. The molecule has 1 amide bonds. The van der Waals surface area contributed by atoms with Crippen LogP contribution >= 0.6 is 11.3 Å². The van der Waals surface area contributed by atoms with E-state index < -0.39 is 12.0 Å². The topological polar surface area (TPSA) is 78.5 Å². The molecule has 5 nitrogen and oxygen atoms in total. The van der Waals surface area contributed by atoms with Crippen LogP contribution in [0.4, 0.5) is 0 Å². The number of rotatable bonds is 7. The molecule has 0 bridgehead atoms. The van der Waals surface area contributed by atoms with Gasteiger partial charge in [-0.3, -0.25) is 4.79 Å². The minimum Gasteiger partial charge on any atom is -0.550 e.